The summed E-state index contributed by atoms with van der Waals surface area (Å²) in [7, 11) is 0. The molecule has 1 amide bonds. The molecule has 202 valence electrons. The number of hydrogen-bond donors (Lipinski definition) is 1. The zero-order valence-electron chi connectivity index (χ0n) is 16.1. The van der Waals surface area contributed by atoms with Crippen LogP contribution in [0.5, 0.6) is 0 Å². The fourth-order valence-electron chi connectivity index (χ4n) is 2.22. The van der Waals surface area contributed by atoms with E-state index >= 15 is 0 Å². The van der Waals surface area contributed by atoms with Gasteiger partial charge in [-0.25, -0.2) is 0 Å². The van der Waals surface area contributed by atoms with E-state index in [4.69, 9.17) is 0 Å². The van der Waals surface area contributed by atoms with Gasteiger partial charge in [0.25, 0.3) is 0 Å². The molecule has 1 aromatic carbocycles. The summed E-state index contributed by atoms with van der Waals surface area (Å²) in [5.41, 5.74) is -1.03. The van der Waals surface area contributed by atoms with Gasteiger partial charge in [-0.2, -0.15) is 70.2 Å². The van der Waals surface area contributed by atoms with Crippen molar-refractivity contribution in [3.05, 3.63) is 29.8 Å². The molecule has 35 heavy (non-hydrogen) atoms. The third-order valence-corrected chi connectivity index (χ3v) is 4.64. The van der Waals surface area contributed by atoms with Gasteiger partial charge in [-0.05, 0) is 30.2 Å². The van der Waals surface area contributed by atoms with Crippen molar-refractivity contribution in [2.45, 2.75) is 53.8 Å². The molecule has 0 atom stereocenters. The lowest BCUT2D eigenvalue weighted by molar-refractivity contribution is -0.445. The highest BCUT2D eigenvalue weighted by Gasteiger charge is 2.95. The molecule has 1 aromatic rings. The van der Waals surface area contributed by atoms with Gasteiger partial charge in [0.1, 0.15) is 0 Å². The summed E-state index contributed by atoms with van der Waals surface area (Å²) in [6.45, 7) is 1.02. The monoisotopic (exact) mass is 569 g/mol. The lowest BCUT2D eigenvalue weighted by atomic mass is 9.89. The van der Waals surface area contributed by atoms with Crippen LogP contribution in [-0.4, -0.2) is 52.7 Å². The van der Waals surface area contributed by atoms with Crippen molar-refractivity contribution in [1.29, 1.82) is 0 Å². The molecule has 0 unspecified atom stereocenters. The molecule has 1 N–H and O–H groups in total. The molecular formula is C16H8ClF16NO. The Kier molecular flexibility index (Phi) is 7.47. The average Bonchev–Trinajstić information content (AvgIpc) is 2.67. The van der Waals surface area contributed by atoms with E-state index in [0.29, 0.717) is 6.07 Å². The van der Waals surface area contributed by atoms with Gasteiger partial charge in [-0.15, -0.1) is 0 Å². The van der Waals surface area contributed by atoms with Crippen LogP contribution in [0.15, 0.2) is 24.3 Å². The fourth-order valence-corrected chi connectivity index (χ4v) is 2.34. The summed E-state index contributed by atoms with van der Waals surface area (Å²) in [6, 6.07) is 3.84. The molecule has 0 aliphatic heterocycles. The minimum Gasteiger partial charge on any atom is -0.320 e. The highest BCUT2D eigenvalue weighted by molar-refractivity contribution is 6.22. The Balaban J connectivity index is 3.60. The minimum atomic E-state index is -8.62. The number of anilines is 1. The Hall–Kier alpha value is -2.14. The van der Waals surface area contributed by atoms with Crippen molar-refractivity contribution >= 4 is 23.2 Å². The number of carbonyl (C=O) groups excluding carboxylic acids is 1. The summed E-state index contributed by atoms with van der Waals surface area (Å²) >= 11 is 3.42. The van der Waals surface area contributed by atoms with Crippen LogP contribution in [0.4, 0.5) is 75.9 Å². The molecular weight excluding hydrogens is 562 g/mol. The highest BCUT2D eigenvalue weighted by Crippen LogP contribution is 2.64. The molecule has 0 aliphatic rings. The molecule has 0 saturated heterocycles. The predicted molar refractivity (Wildman–Crippen MR) is 85.2 cm³/mol. The number of hydrogen-bond acceptors (Lipinski definition) is 1. The van der Waals surface area contributed by atoms with Gasteiger partial charge in [-0.3, -0.25) is 4.79 Å². The van der Waals surface area contributed by atoms with Gasteiger partial charge in [0.15, 0.2) is 0 Å². The normalized spacial score (nSPS) is 15.3. The third-order valence-electron chi connectivity index (χ3n) is 4.40. The molecule has 0 aromatic heterocycles. The maximum atomic E-state index is 13.8. The zero-order chi connectivity index (χ0) is 28.3. The first-order valence-electron chi connectivity index (χ1n) is 8.24. The molecule has 0 radical (unpaired) electrons. The maximum absolute atomic E-state index is 13.8. The van der Waals surface area contributed by atoms with Crippen LogP contribution < -0.4 is 5.32 Å². The molecule has 0 spiro atoms. The number of amides is 1. The summed E-state index contributed by atoms with van der Waals surface area (Å²) in [4.78, 5) is 11.5. The second-order valence-electron chi connectivity index (χ2n) is 6.79. The van der Waals surface area contributed by atoms with Crippen LogP contribution in [0.1, 0.15) is 5.56 Å². The number of halogens is 17. The van der Waals surface area contributed by atoms with Crippen molar-refractivity contribution in [2.75, 3.05) is 5.32 Å². The lowest BCUT2D eigenvalue weighted by Gasteiger charge is -2.42. The molecule has 2 nitrogen and oxygen atoms in total. The van der Waals surface area contributed by atoms with Crippen molar-refractivity contribution in [2.24, 2.45) is 0 Å². The van der Waals surface area contributed by atoms with Crippen molar-refractivity contribution in [3.63, 3.8) is 0 Å². The van der Waals surface area contributed by atoms with E-state index in [-0.39, 0.29) is 5.56 Å². The molecule has 19 heteroatoms. The van der Waals surface area contributed by atoms with Crippen LogP contribution in [0, 0.1) is 6.92 Å². The summed E-state index contributed by atoms with van der Waals surface area (Å²) in [5, 5.41) is -5.98. The van der Waals surface area contributed by atoms with Crippen molar-refractivity contribution in [1.82, 2.24) is 0 Å². The minimum absolute atomic E-state index is 0.215. The smallest absolute Gasteiger partial charge is 0.320 e. The number of alkyl halides is 17. The van der Waals surface area contributed by atoms with E-state index < -0.39 is 58.4 Å². The summed E-state index contributed by atoms with van der Waals surface area (Å²) in [6.07, 6.45) is 0. The summed E-state index contributed by atoms with van der Waals surface area (Å²) in [5.74, 6) is -60.5. The number of aryl methyl sites for hydroxylation is 1. The second-order valence-corrected chi connectivity index (χ2v) is 7.26. The quantitative estimate of drug-likeness (QED) is 0.247. The Morgan fingerprint density at radius 3 is 1.34 bits per heavy atom. The average molecular weight is 570 g/mol. The number of rotatable bonds is 9. The molecule has 0 aliphatic carbocycles. The Labute approximate surface area is 188 Å². The van der Waals surface area contributed by atoms with Gasteiger partial charge < -0.3 is 5.32 Å². The number of carbonyl (C=O) groups is 1. The molecule has 0 heterocycles. The van der Waals surface area contributed by atoms with Crippen LogP contribution in [0.25, 0.3) is 0 Å². The van der Waals surface area contributed by atoms with Gasteiger partial charge in [0.05, 0.1) is 0 Å². The first kappa shape index (κ1) is 30.9. The Bertz CT molecular complexity index is 955. The van der Waals surface area contributed by atoms with E-state index in [1.165, 1.54) is 6.07 Å². The van der Waals surface area contributed by atoms with Gasteiger partial charge in [0, 0.05) is 5.69 Å². The number of benzene rings is 1. The molecule has 1 rings (SSSR count). The molecule has 0 saturated carbocycles. The van der Waals surface area contributed by atoms with Crippen LogP contribution in [0.3, 0.4) is 0 Å². The van der Waals surface area contributed by atoms with Gasteiger partial charge in [-0.1, -0.05) is 18.2 Å². The first-order valence-corrected chi connectivity index (χ1v) is 8.62. The Morgan fingerprint density at radius 1 is 0.629 bits per heavy atom. The van der Waals surface area contributed by atoms with E-state index in [9.17, 15) is 75.0 Å². The van der Waals surface area contributed by atoms with Crippen molar-refractivity contribution < 1.29 is 75.0 Å². The standard InChI is InChI=1S/C16H8ClF16NO/c1-6-4-2-3-5-7(6)34-8(35)9(18,19)10(20,21)11(22,23)12(24,25)13(26,27)14(28,29)15(30,31)16(17,32)33/h2-5H,1H3,(H,34,35). The predicted octanol–water partition coefficient (Wildman–Crippen LogP) is 7.21. The third kappa shape index (κ3) is 4.24. The molecule has 0 bridgehead atoms. The van der Waals surface area contributed by atoms with E-state index in [1.807, 2.05) is 0 Å². The van der Waals surface area contributed by atoms with Gasteiger partial charge >= 0.3 is 52.7 Å². The second kappa shape index (κ2) is 8.47. The fraction of sp³-hybridized carbons (Fsp3) is 0.562. The number of nitrogens with one attached hydrogen (secondary N) is 1. The largest absolute Gasteiger partial charge is 0.393 e. The Morgan fingerprint density at radius 2 is 0.971 bits per heavy atom. The maximum Gasteiger partial charge on any atom is 0.393 e. The number of para-hydroxylation sites is 1. The molecule has 0 fully saturated rings. The first-order chi connectivity index (χ1) is 15.2. The van der Waals surface area contributed by atoms with Crippen LogP contribution in [0.2, 0.25) is 0 Å². The summed E-state index contributed by atoms with van der Waals surface area (Å²) < 4.78 is 214. The topological polar surface area (TPSA) is 29.1 Å². The highest BCUT2D eigenvalue weighted by atomic mass is 35.5. The van der Waals surface area contributed by atoms with Crippen LogP contribution in [-0.2, 0) is 4.79 Å². The zero-order valence-corrected chi connectivity index (χ0v) is 16.9. The van der Waals surface area contributed by atoms with E-state index in [1.54, 1.807) is 0 Å². The lowest BCUT2D eigenvalue weighted by Crippen LogP contribution is -2.75. The van der Waals surface area contributed by atoms with Crippen LogP contribution >= 0.6 is 11.6 Å². The van der Waals surface area contributed by atoms with E-state index in [0.717, 1.165) is 24.4 Å². The van der Waals surface area contributed by atoms with Gasteiger partial charge in [0.2, 0.25) is 0 Å². The van der Waals surface area contributed by atoms with E-state index in [2.05, 4.69) is 11.6 Å². The SMILES string of the molecule is Cc1ccccc1NC(=O)C(F)(F)C(F)(F)C(F)(F)C(F)(F)C(F)(F)C(F)(F)C(F)(F)C(F)(F)Cl. The van der Waals surface area contributed by atoms with Crippen molar-refractivity contribution in [3.8, 4) is 0 Å².